The van der Waals surface area contributed by atoms with Crippen molar-refractivity contribution in [2.24, 2.45) is 5.92 Å². The fourth-order valence-electron chi connectivity index (χ4n) is 4.63. The number of hydrogen-bond donors (Lipinski definition) is 3. The molecule has 5 rings (SSSR count). The third kappa shape index (κ3) is 2.95. The summed E-state index contributed by atoms with van der Waals surface area (Å²) in [6.07, 6.45) is 6.95. The van der Waals surface area contributed by atoms with Crippen LogP contribution < -0.4 is 10.6 Å². The monoisotopic (exact) mass is 439 g/mol. The normalized spacial score (nSPS) is 22.2. The van der Waals surface area contributed by atoms with Crippen LogP contribution >= 0.6 is 15.9 Å². The van der Waals surface area contributed by atoms with E-state index in [1.54, 1.807) is 0 Å². The molecule has 6 heteroatoms. The molecule has 1 amide bonds. The molecule has 1 unspecified atom stereocenters. The summed E-state index contributed by atoms with van der Waals surface area (Å²) in [5.74, 6) is 0.170. The topological polar surface area (TPSA) is 74.0 Å². The van der Waals surface area contributed by atoms with E-state index in [9.17, 15) is 9.59 Å². The van der Waals surface area contributed by atoms with E-state index in [0.29, 0.717) is 5.57 Å². The number of halogens is 1. The van der Waals surface area contributed by atoms with E-state index in [1.807, 2.05) is 24.3 Å². The molecule has 1 aromatic carbocycles. The number of rotatable bonds is 3. The first kappa shape index (κ1) is 17.9. The van der Waals surface area contributed by atoms with Crippen LogP contribution in [0.15, 0.2) is 22.7 Å². The van der Waals surface area contributed by atoms with Crippen molar-refractivity contribution in [1.82, 2.24) is 10.3 Å². The number of benzene rings is 1. The van der Waals surface area contributed by atoms with Crippen LogP contribution in [0.1, 0.15) is 52.1 Å². The molecule has 3 N–H and O–H groups in total. The number of carbonyl (C=O) groups excluding carboxylic acids is 2. The maximum Gasteiger partial charge on any atom is 0.256 e. The number of ketones is 1. The summed E-state index contributed by atoms with van der Waals surface area (Å²) in [6.45, 7) is 1.66. The summed E-state index contributed by atoms with van der Waals surface area (Å²) in [6, 6.07) is 5.79. The second-order valence-electron chi connectivity index (χ2n) is 7.83. The molecule has 5 nitrogen and oxygen atoms in total. The van der Waals surface area contributed by atoms with E-state index in [1.165, 1.54) is 11.1 Å². The molecule has 1 aliphatic carbocycles. The number of aromatic amines is 1. The lowest BCUT2D eigenvalue weighted by atomic mass is 9.88. The van der Waals surface area contributed by atoms with Crippen LogP contribution in [0.2, 0.25) is 0 Å². The van der Waals surface area contributed by atoms with Crippen molar-refractivity contribution in [3.63, 3.8) is 0 Å². The lowest BCUT2D eigenvalue weighted by molar-refractivity contribution is -0.110. The fraction of sp³-hybridized carbons (Fsp3) is 0.364. The summed E-state index contributed by atoms with van der Waals surface area (Å²) in [5.41, 5.74) is 6.43. The summed E-state index contributed by atoms with van der Waals surface area (Å²) in [7, 11) is 0. The first-order valence-corrected chi connectivity index (χ1v) is 10.7. The molecule has 28 heavy (non-hydrogen) atoms. The van der Waals surface area contributed by atoms with Gasteiger partial charge in [-0.05, 0) is 74.1 Å². The van der Waals surface area contributed by atoms with Crippen LogP contribution in [0.5, 0.6) is 0 Å². The first-order valence-electron chi connectivity index (χ1n) is 9.93. The minimum atomic E-state index is -0.0971. The average Bonchev–Trinajstić information content (AvgIpc) is 3.41. The Labute approximate surface area is 172 Å². The quantitative estimate of drug-likeness (QED) is 0.500. The van der Waals surface area contributed by atoms with Gasteiger partial charge in [0.1, 0.15) is 0 Å². The number of H-pyrrole nitrogens is 1. The second kappa shape index (κ2) is 7.01. The zero-order valence-corrected chi connectivity index (χ0v) is 17.1. The number of Topliss-reactive ketones (excluding diaryl/α,β-unsaturated/α-hetero) is 1. The van der Waals surface area contributed by atoms with Crippen LogP contribution in [0.3, 0.4) is 0 Å². The molecule has 1 aromatic heterocycles. The lowest BCUT2D eigenvalue weighted by Gasteiger charge is -2.14. The van der Waals surface area contributed by atoms with Crippen LogP contribution in [-0.4, -0.2) is 29.8 Å². The largest absolute Gasteiger partial charge is 0.352 e. The zero-order valence-electron chi connectivity index (χ0n) is 15.5. The average molecular weight is 440 g/mol. The van der Waals surface area contributed by atoms with E-state index in [2.05, 4.69) is 31.5 Å². The molecule has 0 spiro atoms. The molecule has 1 atom stereocenters. The smallest absolute Gasteiger partial charge is 0.256 e. The summed E-state index contributed by atoms with van der Waals surface area (Å²) in [4.78, 5) is 29.1. The highest BCUT2D eigenvalue weighted by Gasteiger charge is 2.31. The number of anilines is 1. The number of amides is 1. The second-order valence-corrected chi connectivity index (χ2v) is 8.75. The standard InChI is InChI=1S/C22H22BrN3O2/c23-13-5-6-18-16(9-13)17(22(28)26-18)10-19-14-3-1-2-4-15(14)20(25-19)21(27)12-7-8-24-11-12/h5-6,9-10,12,24-25H,1-4,7-8,11H2,(H,26,28). The Morgan fingerprint density at radius 2 is 2.00 bits per heavy atom. The number of fused-ring (bicyclic) bond motifs is 2. The first-order chi connectivity index (χ1) is 13.6. The molecule has 1 fully saturated rings. The van der Waals surface area contributed by atoms with Gasteiger partial charge in [0, 0.05) is 33.9 Å². The van der Waals surface area contributed by atoms with Crippen molar-refractivity contribution < 1.29 is 9.59 Å². The third-order valence-electron chi connectivity index (χ3n) is 6.09. The van der Waals surface area contributed by atoms with Crippen molar-refractivity contribution in [3.8, 4) is 0 Å². The Morgan fingerprint density at radius 1 is 1.18 bits per heavy atom. The van der Waals surface area contributed by atoms with Crippen molar-refractivity contribution in [2.75, 3.05) is 18.4 Å². The molecule has 3 aliphatic rings. The van der Waals surface area contributed by atoms with Gasteiger partial charge >= 0.3 is 0 Å². The van der Waals surface area contributed by atoms with Gasteiger partial charge in [-0.3, -0.25) is 9.59 Å². The molecule has 2 aliphatic heterocycles. The maximum absolute atomic E-state index is 13.1. The van der Waals surface area contributed by atoms with Crippen molar-refractivity contribution in [1.29, 1.82) is 0 Å². The minimum Gasteiger partial charge on any atom is -0.352 e. The predicted molar refractivity (Wildman–Crippen MR) is 113 cm³/mol. The van der Waals surface area contributed by atoms with E-state index in [4.69, 9.17) is 0 Å². The van der Waals surface area contributed by atoms with Gasteiger partial charge in [-0.1, -0.05) is 15.9 Å². The van der Waals surface area contributed by atoms with Gasteiger partial charge in [-0.2, -0.15) is 0 Å². The molecular weight excluding hydrogens is 418 g/mol. The maximum atomic E-state index is 13.1. The van der Waals surface area contributed by atoms with Gasteiger partial charge in [-0.15, -0.1) is 0 Å². The van der Waals surface area contributed by atoms with Crippen LogP contribution in [-0.2, 0) is 17.6 Å². The van der Waals surface area contributed by atoms with Gasteiger partial charge in [0.15, 0.2) is 5.78 Å². The fourth-order valence-corrected chi connectivity index (χ4v) is 4.99. The SMILES string of the molecule is O=C1Nc2ccc(Br)cc2C1=Cc1[nH]c(C(=O)C2CCNC2)c2c1CCCC2. The Bertz CT molecular complexity index is 1020. The molecule has 0 radical (unpaired) electrons. The molecule has 1 saturated heterocycles. The van der Waals surface area contributed by atoms with E-state index in [0.717, 1.165) is 72.3 Å². The lowest BCUT2D eigenvalue weighted by Crippen LogP contribution is -2.20. The van der Waals surface area contributed by atoms with Crippen LogP contribution in [0.25, 0.3) is 11.6 Å². The highest BCUT2D eigenvalue weighted by atomic mass is 79.9. The van der Waals surface area contributed by atoms with E-state index in [-0.39, 0.29) is 17.6 Å². The minimum absolute atomic E-state index is 0.0524. The van der Waals surface area contributed by atoms with Crippen molar-refractivity contribution in [2.45, 2.75) is 32.1 Å². The van der Waals surface area contributed by atoms with E-state index < -0.39 is 0 Å². The Kier molecular flexibility index (Phi) is 4.48. The predicted octanol–water partition coefficient (Wildman–Crippen LogP) is 3.94. The van der Waals surface area contributed by atoms with Gasteiger partial charge in [0.2, 0.25) is 0 Å². The van der Waals surface area contributed by atoms with Gasteiger partial charge in [0.05, 0.1) is 11.3 Å². The highest BCUT2D eigenvalue weighted by Crippen LogP contribution is 2.37. The molecular formula is C22H22BrN3O2. The zero-order chi connectivity index (χ0) is 19.3. The van der Waals surface area contributed by atoms with Crippen LogP contribution in [0, 0.1) is 5.92 Å². The third-order valence-corrected chi connectivity index (χ3v) is 6.58. The van der Waals surface area contributed by atoms with Gasteiger partial charge in [-0.25, -0.2) is 0 Å². The molecule has 2 aromatic rings. The molecule has 3 heterocycles. The van der Waals surface area contributed by atoms with Gasteiger partial charge < -0.3 is 15.6 Å². The molecule has 0 bridgehead atoms. The summed E-state index contributed by atoms with van der Waals surface area (Å²) in [5, 5.41) is 6.22. The molecule has 0 saturated carbocycles. The molecule has 144 valence electrons. The number of hydrogen-bond acceptors (Lipinski definition) is 3. The van der Waals surface area contributed by atoms with E-state index >= 15 is 0 Å². The number of aromatic nitrogens is 1. The summed E-state index contributed by atoms with van der Waals surface area (Å²) >= 11 is 3.49. The Hall–Kier alpha value is -2.18. The van der Waals surface area contributed by atoms with Gasteiger partial charge in [0.25, 0.3) is 5.91 Å². The Balaban J connectivity index is 1.60. The van der Waals surface area contributed by atoms with Crippen molar-refractivity contribution >= 4 is 45.0 Å². The Morgan fingerprint density at radius 3 is 2.79 bits per heavy atom. The summed E-state index contributed by atoms with van der Waals surface area (Å²) < 4.78 is 0.937. The number of nitrogens with one attached hydrogen (secondary N) is 3. The number of carbonyl (C=O) groups is 2. The highest BCUT2D eigenvalue weighted by molar-refractivity contribution is 9.10. The van der Waals surface area contributed by atoms with Crippen LogP contribution in [0.4, 0.5) is 5.69 Å². The van der Waals surface area contributed by atoms with Crippen molar-refractivity contribution in [3.05, 3.63) is 50.8 Å².